The van der Waals surface area contributed by atoms with E-state index in [2.05, 4.69) is 39.6 Å². The highest BCUT2D eigenvalue weighted by Gasteiger charge is 2.37. The molecular formula is C14H31NO2Si. The van der Waals surface area contributed by atoms with Crippen LogP contribution < -0.4 is 5.32 Å². The van der Waals surface area contributed by atoms with Gasteiger partial charge in [-0.05, 0) is 59.5 Å². The second kappa shape index (κ2) is 6.50. The Morgan fingerprint density at radius 2 is 1.72 bits per heavy atom. The van der Waals surface area contributed by atoms with Crippen LogP contribution in [0.4, 0.5) is 0 Å². The van der Waals surface area contributed by atoms with Crippen LogP contribution in [0.25, 0.3) is 0 Å². The van der Waals surface area contributed by atoms with Crippen LogP contribution in [0.2, 0.25) is 12.6 Å². The van der Waals surface area contributed by atoms with Crippen molar-refractivity contribution in [2.45, 2.75) is 76.7 Å². The Bertz CT molecular complexity index is 240. The van der Waals surface area contributed by atoms with Crippen molar-refractivity contribution in [3.63, 3.8) is 0 Å². The average Bonchev–Trinajstić information content (AvgIpc) is 2.19. The zero-order valence-electron chi connectivity index (χ0n) is 13.0. The Balaban J connectivity index is 2.29. The number of hydrogen-bond acceptors (Lipinski definition) is 3. The van der Waals surface area contributed by atoms with Gasteiger partial charge in [-0.15, -0.1) is 0 Å². The second-order valence-corrected chi connectivity index (χ2v) is 9.65. The van der Waals surface area contributed by atoms with Gasteiger partial charge in [0.05, 0.1) is 6.10 Å². The SMILES string of the molecule is CO[SiH](C)CCCOC1CC(C)(C)NC(C)(C)C1. The molecule has 4 heteroatoms. The van der Waals surface area contributed by atoms with E-state index in [0.29, 0.717) is 6.10 Å². The summed E-state index contributed by atoms with van der Waals surface area (Å²) in [5.74, 6) is 0. The Kier molecular flexibility index (Phi) is 5.84. The van der Waals surface area contributed by atoms with E-state index in [4.69, 9.17) is 9.16 Å². The van der Waals surface area contributed by atoms with Crippen molar-refractivity contribution in [1.82, 2.24) is 5.32 Å². The van der Waals surface area contributed by atoms with Gasteiger partial charge in [0, 0.05) is 24.8 Å². The molecule has 0 spiro atoms. The van der Waals surface area contributed by atoms with E-state index in [9.17, 15) is 0 Å². The number of ether oxygens (including phenoxy) is 1. The van der Waals surface area contributed by atoms with Crippen LogP contribution >= 0.6 is 0 Å². The third-order valence-corrected chi connectivity index (χ3v) is 5.69. The molecule has 0 amide bonds. The molecule has 1 unspecified atom stereocenters. The summed E-state index contributed by atoms with van der Waals surface area (Å²) >= 11 is 0. The molecule has 0 saturated carbocycles. The summed E-state index contributed by atoms with van der Waals surface area (Å²) in [6.45, 7) is 12.2. The van der Waals surface area contributed by atoms with Crippen molar-refractivity contribution >= 4 is 9.04 Å². The van der Waals surface area contributed by atoms with E-state index in [1.807, 2.05) is 7.11 Å². The molecule has 3 nitrogen and oxygen atoms in total. The molecule has 1 atom stereocenters. The first-order valence-electron chi connectivity index (χ1n) is 7.18. The number of hydrogen-bond donors (Lipinski definition) is 1. The molecular weight excluding hydrogens is 242 g/mol. The summed E-state index contributed by atoms with van der Waals surface area (Å²) in [5, 5.41) is 3.69. The monoisotopic (exact) mass is 273 g/mol. The summed E-state index contributed by atoms with van der Waals surface area (Å²) in [4.78, 5) is 0. The standard InChI is InChI=1S/C14H31NO2Si/c1-13(2)10-12(11-14(3,4)15-13)17-8-7-9-18(6)16-5/h12,15,18H,7-11H2,1-6H3. The smallest absolute Gasteiger partial charge is 0.173 e. The summed E-state index contributed by atoms with van der Waals surface area (Å²) in [5.41, 5.74) is 0.363. The third-order valence-electron chi connectivity index (χ3n) is 3.66. The maximum Gasteiger partial charge on any atom is 0.173 e. The molecule has 1 aliphatic heterocycles. The maximum absolute atomic E-state index is 6.08. The second-order valence-electron chi connectivity index (χ2n) is 6.98. The molecule has 1 N–H and O–H groups in total. The predicted octanol–water partition coefficient (Wildman–Crippen LogP) is 2.70. The van der Waals surface area contributed by atoms with E-state index in [0.717, 1.165) is 25.9 Å². The Morgan fingerprint density at radius 1 is 1.17 bits per heavy atom. The summed E-state index contributed by atoms with van der Waals surface area (Å²) in [6, 6.07) is 1.22. The van der Waals surface area contributed by atoms with Crippen molar-refractivity contribution in [3.05, 3.63) is 0 Å². The first kappa shape index (κ1) is 16.2. The summed E-state index contributed by atoms with van der Waals surface area (Å²) in [7, 11) is 0.929. The Labute approximate surface area is 114 Å². The van der Waals surface area contributed by atoms with E-state index in [1.54, 1.807) is 0 Å². The van der Waals surface area contributed by atoms with Gasteiger partial charge < -0.3 is 14.5 Å². The van der Waals surface area contributed by atoms with Gasteiger partial charge in [0.15, 0.2) is 9.04 Å². The van der Waals surface area contributed by atoms with Crippen molar-refractivity contribution in [3.8, 4) is 0 Å². The van der Waals surface area contributed by atoms with Crippen LogP contribution in [0.1, 0.15) is 47.0 Å². The normalized spacial score (nSPS) is 25.0. The molecule has 0 aromatic heterocycles. The number of nitrogens with one attached hydrogen (secondary N) is 1. The molecule has 1 saturated heterocycles. The first-order chi connectivity index (χ1) is 8.24. The van der Waals surface area contributed by atoms with Crippen molar-refractivity contribution in [2.75, 3.05) is 13.7 Å². The molecule has 0 aromatic carbocycles. The average molecular weight is 273 g/mol. The molecule has 0 aromatic rings. The lowest BCUT2D eigenvalue weighted by Gasteiger charge is -2.46. The van der Waals surface area contributed by atoms with Crippen LogP contribution in [0.15, 0.2) is 0 Å². The van der Waals surface area contributed by atoms with Gasteiger partial charge in [-0.25, -0.2) is 0 Å². The lowest BCUT2D eigenvalue weighted by molar-refractivity contribution is -0.0214. The van der Waals surface area contributed by atoms with E-state index < -0.39 is 9.04 Å². The minimum atomic E-state index is -0.900. The Morgan fingerprint density at radius 3 is 2.22 bits per heavy atom. The van der Waals surface area contributed by atoms with E-state index in [-0.39, 0.29) is 11.1 Å². The fraction of sp³-hybridized carbons (Fsp3) is 1.00. The van der Waals surface area contributed by atoms with Gasteiger partial charge in [0.2, 0.25) is 0 Å². The quantitative estimate of drug-likeness (QED) is 0.596. The van der Waals surface area contributed by atoms with Gasteiger partial charge >= 0.3 is 0 Å². The highest BCUT2D eigenvalue weighted by atomic mass is 28.3. The highest BCUT2D eigenvalue weighted by Crippen LogP contribution is 2.30. The lowest BCUT2D eigenvalue weighted by atomic mass is 9.81. The number of rotatable bonds is 6. The van der Waals surface area contributed by atoms with Gasteiger partial charge in [-0.1, -0.05) is 0 Å². The molecule has 0 bridgehead atoms. The topological polar surface area (TPSA) is 30.5 Å². The van der Waals surface area contributed by atoms with Gasteiger partial charge in [0.25, 0.3) is 0 Å². The molecule has 1 heterocycles. The lowest BCUT2D eigenvalue weighted by Crippen LogP contribution is -2.59. The van der Waals surface area contributed by atoms with Crippen molar-refractivity contribution < 1.29 is 9.16 Å². The first-order valence-corrected chi connectivity index (χ1v) is 9.62. The highest BCUT2D eigenvalue weighted by molar-refractivity contribution is 6.50. The summed E-state index contributed by atoms with van der Waals surface area (Å²) < 4.78 is 11.5. The van der Waals surface area contributed by atoms with Crippen LogP contribution in [-0.2, 0) is 9.16 Å². The fourth-order valence-corrected chi connectivity index (χ4v) is 4.06. The minimum absolute atomic E-state index is 0.182. The van der Waals surface area contributed by atoms with Crippen LogP contribution in [0, 0.1) is 0 Å². The molecule has 0 radical (unpaired) electrons. The van der Waals surface area contributed by atoms with Crippen LogP contribution in [-0.4, -0.2) is 39.9 Å². The predicted molar refractivity (Wildman–Crippen MR) is 79.7 cm³/mol. The van der Waals surface area contributed by atoms with Crippen LogP contribution in [0.5, 0.6) is 0 Å². The third kappa shape index (κ3) is 5.82. The van der Waals surface area contributed by atoms with Crippen molar-refractivity contribution in [1.29, 1.82) is 0 Å². The minimum Gasteiger partial charge on any atom is -0.423 e. The molecule has 18 heavy (non-hydrogen) atoms. The largest absolute Gasteiger partial charge is 0.423 e. The van der Waals surface area contributed by atoms with Crippen molar-refractivity contribution in [2.24, 2.45) is 0 Å². The molecule has 1 rings (SSSR count). The zero-order chi connectivity index (χ0) is 13.8. The van der Waals surface area contributed by atoms with E-state index in [1.165, 1.54) is 6.04 Å². The molecule has 1 aliphatic rings. The maximum atomic E-state index is 6.08. The Hall–Kier alpha value is 0.0969. The molecule has 1 fully saturated rings. The zero-order valence-corrected chi connectivity index (χ0v) is 14.2. The van der Waals surface area contributed by atoms with Crippen LogP contribution in [0.3, 0.4) is 0 Å². The van der Waals surface area contributed by atoms with E-state index >= 15 is 0 Å². The van der Waals surface area contributed by atoms with Gasteiger partial charge in [0.1, 0.15) is 0 Å². The molecule has 108 valence electrons. The van der Waals surface area contributed by atoms with Gasteiger partial charge in [-0.3, -0.25) is 0 Å². The number of piperidine rings is 1. The fourth-order valence-electron chi connectivity index (χ4n) is 3.09. The molecule has 0 aliphatic carbocycles. The summed E-state index contributed by atoms with van der Waals surface area (Å²) in [6.07, 6.45) is 3.75. The van der Waals surface area contributed by atoms with Gasteiger partial charge in [-0.2, -0.15) is 0 Å².